The fraction of sp³-hybridized carbons (Fsp3) is 0.286. The smallest absolute Gasteiger partial charge is 0.311 e. The van der Waals surface area contributed by atoms with Crippen molar-refractivity contribution in [2.45, 2.75) is 6.42 Å². The second-order valence-corrected chi connectivity index (χ2v) is 2.77. The lowest BCUT2D eigenvalue weighted by molar-refractivity contribution is -0.139. The van der Waals surface area contributed by atoms with Crippen molar-refractivity contribution in [3.63, 3.8) is 0 Å². The summed E-state index contributed by atoms with van der Waals surface area (Å²) in [5, 5.41) is 0. The van der Waals surface area contributed by atoms with E-state index in [2.05, 4.69) is 14.7 Å². The SMILES string of the molecule is COC(=O)Cc1cc(=O)[nH]c(=S)[nH]1. The van der Waals surface area contributed by atoms with Crippen LogP contribution < -0.4 is 5.56 Å². The van der Waals surface area contributed by atoms with Crippen molar-refractivity contribution in [3.8, 4) is 0 Å². The van der Waals surface area contributed by atoms with Crippen LogP contribution in [0.1, 0.15) is 5.69 Å². The summed E-state index contributed by atoms with van der Waals surface area (Å²) < 4.78 is 4.63. The molecule has 1 aromatic rings. The van der Waals surface area contributed by atoms with Crippen molar-refractivity contribution < 1.29 is 9.53 Å². The molecule has 0 radical (unpaired) electrons. The molecule has 2 N–H and O–H groups in total. The quantitative estimate of drug-likeness (QED) is 0.526. The van der Waals surface area contributed by atoms with Crippen molar-refractivity contribution >= 4 is 18.2 Å². The van der Waals surface area contributed by atoms with Crippen LogP contribution in [-0.2, 0) is 16.0 Å². The van der Waals surface area contributed by atoms with Crippen LogP contribution in [0.15, 0.2) is 10.9 Å². The first-order valence-electron chi connectivity index (χ1n) is 3.51. The molecular formula is C7H8N2O3S. The summed E-state index contributed by atoms with van der Waals surface area (Å²) in [4.78, 5) is 26.7. The van der Waals surface area contributed by atoms with Gasteiger partial charge in [0.15, 0.2) is 4.77 Å². The molecule has 5 nitrogen and oxygen atoms in total. The maximum atomic E-state index is 10.9. The minimum atomic E-state index is -0.420. The van der Waals surface area contributed by atoms with E-state index in [1.807, 2.05) is 0 Å². The van der Waals surface area contributed by atoms with E-state index in [1.165, 1.54) is 13.2 Å². The molecule has 13 heavy (non-hydrogen) atoms. The van der Waals surface area contributed by atoms with Crippen LogP contribution in [0, 0.1) is 4.77 Å². The van der Waals surface area contributed by atoms with Gasteiger partial charge in [-0.1, -0.05) is 0 Å². The molecule has 0 bridgehead atoms. The fourth-order valence-electron chi connectivity index (χ4n) is 0.842. The summed E-state index contributed by atoms with van der Waals surface area (Å²) >= 11 is 4.71. The Morgan fingerprint density at radius 1 is 1.62 bits per heavy atom. The molecule has 0 fully saturated rings. The predicted molar refractivity (Wildman–Crippen MR) is 48.0 cm³/mol. The molecule has 0 saturated heterocycles. The summed E-state index contributed by atoms with van der Waals surface area (Å²) in [6.07, 6.45) is 0.0179. The Labute approximate surface area is 78.8 Å². The molecular weight excluding hydrogens is 192 g/mol. The van der Waals surface area contributed by atoms with Gasteiger partial charge in [-0.25, -0.2) is 0 Å². The van der Waals surface area contributed by atoms with E-state index in [9.17, 15) is 9.59 Å². The minimum Gasteiger partial charge on any atom is -0.469 e. The second-order valence-electron chi connectivity index (χ2n) is 2.37. The number of aromatic nitrogens is 2. The number of nitrogens with one attached hydrogen (secondary N) is 2. The highest BCUT2D eigenvalue weighted by Crippen LogP contribution is 1.92. The molecule has 0 aliphatic carbocycles. The molecule has 0 aliphatic rings. The van der Waals surface area contributed by atoms with Crippen LogP contribution in [0.25, 0.3) is 0 Å². The van der Waals surface area contributed by atoms with Crippen LogP contribution in [0.5, 0.6) is 0 Å². The van der Waals surface area contributed by atoms with E-state index < -0.39 is 5.97 Å². The maximum absolute atomic E-state index is 10.9. The Balaban J connectivity index is 2.96. The number of carbonyl (C=O) groups excluding carboxylic acids is 1. The fourth-order valence-corrected chi connectivity index (χ4v) is 1.07. The summed E-state index contributed by atoms with van der Waals surface area (Å²) in [6.45, 7) is 0. The normalized spacial score (nSPS) is 9.62. The van der Waals surface area contributed by atoms with Crippen molar-refractivity contribution in [3.05, 3.63) is 26.9 Å². The first-order valence-corrected chi connectivity index (χ1v) is 3.92. The molecule has 0 unspecified atom stereocenters. The van der Waals surface area contributed by atoms with Gasteiger partial charge in [0.1, 0.15) is 0 Å². The van der Waals surface area contributed by atoms with Gasteiger partial charge in [-0.15, -0.1) is 0 Å². The Kier molecular flexibility index (Phi) is 2.97. The standard InChI is InChI=1S/C7H8N2O3S/c1-12-6(11)3-4-2-5(10)9-7(13)8-4/h2H,3H2,1H3,(H2,8,9,10,13). The maximum Gasteiger partial charge on any atom is 0.311 e. The number of carbonyl (C=O) groups is 1. The molecule has 70 valence electrons. The second kappa shape index (κ2) is 3.99. The van der Waals surface area contributed by atoms with Crippen LogP contribution in [0.4, 0.5) is 0 Å². The summed E-state index contributed by atoms with van der Waals surface area (Å²) in [7, 11) is 1.28. The lowest BCUT2D eigenvalue weighted by Crippen LogP contribution is -2.12. The highest BCUT2D eigenvalue weighted by atomic mass is 32.1. The lowest BCUT2D eigenvalue weighted by atomic mass is 10.3. The molecule has 1 aromatic heterocycles. The Morgan fingerprint density at radius 3 is 2.85 bits per heavy atom. The van der Waals surface area contributed by atoms with E-state index in [1.54, 1.807) is 0 Å². The largest absolute Gasteiger partial charge is 0.469 e. The van der Waals surface area contributed by atoms with Crippen LogP contribution in [0.2, 0.25) is 0 Å². The molecule has 6 heteroatoms. The van der Waals surface area contributed by atoms with Crippen molar-refractivity contribution in [2.24, 2.45) is 0 Å². The van der Waals surface area contributed by atoms with Gasteiger partial charge in [0.2, 0.25) is 0 Å². The molecule has 0 atom stereocenters. The van der Waals surface area contributed by atoms with E-state index >= 15 is 0 Å². The van der Waals surface area contributed by atoms with E-state index in [0.29, 0.717) is 5.69 Å². The van der Waals surface area contributed by atoms with Gasteiger partial charge in [0, 0.05) is 11.8 Å². The number of methoxy groups -OCH3 is 1. The van der Waals surface area contributed by atoms with Gasteiger partial charge >= 0.3 is 5.97 Å². The van der Waals surface area contributed by atoms with Gasteiger partial charge in [-0.05, 0) is 12.2 Å². The monoisotopic (exact) mass is 200 g/mol. The number of H-pyrrole nitrogens is 2. The molecule has 0 spiro atoms. The molecule has 0 aliphatic heterocycles. The minimum absolute atomic E-state index is 0.0179. The number of hydrogen-bond donors (Lipinski definition) is 2. The van der Waals surface area contributed by atoms with E-state index in [4.69, 9.17) is 12.2 Å². The predicted octanol–water partition coefficient (Wildman–Crippen LogP) is 0.148. The van der Waals surface area contributed by atoms with Gasteiger partial charge in [-0.3, -0.25) is 14.6 Å². The topological polar surface area (TPSA) is 75.0 Å². The first kappa shape index (κ1) is 9.66. The average Bonchev–Trinajstić information content (AvgIpc) is 2.02. The third-order valence-corrected chi connectivity index (χ3v) is 1.58. The van der Waals surface area contributed by atoms with Crippen LogP contribution in [-0.4, -0.2) is 23.0 Å². The number of esters is 1. The lowest BCUT2D eigenvalue weighted by Gasteiger charge is -1.98. The third-order valence-electron chi connectivity index (χ3n) is 1.38. The summed E-state index contributed by atoms with van der Waals surface area (Å²) in [6, 6.07) is 1.27. The highest BCUT2D eigenvalue weighted by Gasteiger charge is 2.03. The first-order chi connectivity index (χ1) is 6.11. The van der Waals surface area contributed by atoms with Gasteiger partial charge < -0.3 is 9.72 Å². The number of rotatable bonds is 2. The molecule has 0 saturated carbocycles. The Hall–Kier alpha value is -1.43. The Morgan fingerprint density at radius 2 is 2.31 bits per heavy atom. The zero-order valence-electron chi connectivity index (χ0n) is 6.92. The zero-order chi connectivity index (χ0) is 9.84. The van der Waals surface area contributed by atoms with Gasteiger partial charge in [-0.2, -0.15) is 0 Å². The highest BCUT2D eigenvalue weighted by molar-refractivity contribution is 7.71. The zero-order valence-corrected chi connectivity index (χ0v) is 7.73. The van der Waals surface area contributed by atoms with Gasteiger partial charge in [0.05, 0.1) is 13.5 Å². The average molecular weight is 200 g/mol. The van der Waals surface area contributed by atoms with Crippen LogP contribution in [0.3, 0.4) is 0 Å². The molecule has 1 heterocycles. The molecule has 0 aromatic carbocycles. The third kappa shape index (κ3) is 2.83. The summed E-state index contributed by atoms with van der Waals surface area (Å²) in [5.74, 6) is -0.420. The van der Waals surface area contributed by atoms with Gasteiger partial charge in [0.25, 0.3) is 5.56 Å². The van der Waals surface area contributed by atoms with E-state index in [-0.39, 0.29) is 16.8 Å². The van der Waals surface area contributed by atoms with E-state index in [0.717, 1.165) is 0 Å². The number of aromatic amines is 2. The van der Waals surface area contributed by atoms with Crippen LogP contribution >= 0.6 is 12.2 Å². The molecule has 1 rings (SSSR count). The van der Waals surface area contributed by atoms with Crippen molar-refractivity contribution in [2.75, 3.05) is 7.11 Å². The Bertz CT molecular complexity index is 392. The summed E-state index contributed by atoms with van der Waals surface area (Å²) in [5.41, 5.74) is 0.114. The number of hydrogen-bond acceptors (Lipinski definition) is 4. The molecule has 0 amide bonds. The number of ether oxygens (including phenoxy) is 1. The van der Waals surface area contributed by atoms with Crippen molar-refractivity contribution in [1.82, 2.24) is 9.97 Å². The van der Waals surface area contributed by atoms with Crippen molar-refractivity contribution in [1.29, 1.82) is 0 Å².